The summed E-state index contributed by atoms with van der Waals surface area (Å²) in [5, 5.41) is 11.9. The van der Waals surface area contributed by atoms with Gasteiger partial charge in [0.05, 0.1) is 0 Å². The van der Waals surface area contributed by atoms with Crippen LogP contribution in [0.2, 0.25) is 0 Å². The van der Waals surface area contributed by atoms with Crippen LogP contribution in [0.25, 0.3) is 110 Å². The van der Waals surface area contributed by atoms with Crippen molar-refractivity contribution >= 4 is 65.0 Å². The molecule has 0 radical (unpaired) electrons. The van der Waals surface area contributed by atoms with E-state index in [1.807, 2.05) is 24.3 Å². The zero-order valence-electron chi connectivity index (χ0n) is 30.8. The summed E-state index contributed by atoms with van der Waals surface area (Å²) >= 11 is 0. The van der Waals surface area contributed by atoms with Crippen molar-refractivity contribution in [3.8, 4) is 45.3 Å². The number of hydrogen-bond acceptors (Lipinski definition) is 4. The van der Waals surface area contributed by atoms with Gasteiger partial charge in [-0.3, -0.25) is 0 Å². The van der Waals surface area contributed by atoms with E-state index in [4.69, 9.17) is 19.4 Å². The van der Waals surface area contributed by atoms with Gasteiger partial charge >= 0.3 is 0 Å². The standard InChI is InChI=1S/C52H33N3O/c1-52(2)42-22-12-10-20-38(42)47-43(52)29-41(46-39-21-11-13-23-44(39)56-48(46)47)51-54-49(31-14-4-3-5-15-31)53-50(55-51)32-25-24-30-26-27-37-35-18-7-6-16-33(35)34-17-8-9-19-36(34)45(37)40(30)28-32/h3-29H,1-2H3. The lowest BCUT2D eigenvalue weighted by Crippen LogP contribution is -2.15. The van der Waals surface area contributed by atoms with E-state index in [1.165, 1.54) is 59.8 Å². The lowest BCUT2D eigenvalue weighted by Gasteiger charge is -2.22. The molecule has 0 saturated carbocycles. The minimum Gasteiger partial charge on any atom is -0.455 e. The summed E-state index contributed by atoms with van der Waals surface area (Å²) in [6, 6.07) is 58.2. The fourth-order valence-corrected chi connectivity index (χ4v) is 9.43. The van der Waals surface area contributed by atoms with Crippen molar-refractivity contribution in [1.29, 1.82) is 0 Å². The van der Waals surface area contributed by atoms with E-state index >= 15 is 0 Å². The molecule has 262 valence electrons. The monoisotopic (exact) mass is 715 g/mol. The summed E-state index contributed by atoms with van der Waals surface area (Å²) in [4.78, 5) is 15.9. The van der Waals surface area contributed by atoms with E-state index in [1.54, 1.807) is 0 Å². The van der Waals surface area contributed by atoms with Crippen LogP contribution < -0.4 is 0 Å². The molecular formula is C52H33N3O. The van der Waals surface area contributed by atoms with Crippen LogP contribution in [0, 0.1) is 0 Å². The number of fused-ring (bicyclic) bond motifs is 15. The Kier molecular flexibility index (Phi) is 6.37. The van der Waals surface area contributed by atoms with E-state index in [0.717, 1.165) is 44.2 Å². The fourth-order valence-electron chi connectivity index (χ4n) is 9.43. The first-order valence-corrected chi connectivity index (χ1v) is 19.2. The van der Waals surface area contributed by atoms with Gasteiger partial charge in [-0.2, -0.15) is 0 Å². The largest absolute Gasteiger partial charge is 0.455 e. The highest BCUT2D eigenvalue weighted by molar-refractivity contribution is 6.31. The topological polar surface area (TPSA) is 51.8 Å². The number of nitrogens with zero attached hydrogens (tertiary/aromatic N) is 3. The van der Waals surface area contributed by atoms with Crippen LogP contribution in [0.5, 0.6) is 0 Å². The smallest absolute Gasteiger partial charge is 0.164 e. The van der Waals surface area contributed by atoms with Crippen molar-refractivity contribution in [2.45, 2.75) is 19.3 Å². The van der Waals surface area contributed by atoms with Gasteiger partial charge in [0, 0.05) is 38.4 Å². The summed E-state index contributed by atoms with van der Waals surface area (Å²) < 4.78 is 6.82. The molecular weight excluding hydrogens is 683 g/mol. The molecule has 0 fully saturated rings. The molecule has 2 heterocycles. The first-order chi connectivity index (χ1) is 27.5. The van der Waals surface area contributed by atoms with Crippen molar-refractivity contribution < 1.29 is 4.42 Å². The second-order valence-electron chi connectivity index (χ2n) is 15.5. The van der Waals surface area contributed by atoms with Crippen LogP contribution in [0.1, 0.15) is 25.0 Å². The van der Waals surface area contributed by atoms with Gasteiger partial charge in [0.2, 0.25) is 0 Å². The molecule has 0 bridgehead atoms. The Morgan fingerprint density at radius 2 is 1.00 bits per heavy atom. The minimum absolute atomic E-state index is 0.252. The number of aromatic nitrogens is 3. The van der Waals surface area contributed by atoms with E-state index < -0.39 is 0 Å². The van der Waals surface area contributed by atoms with Crippen LogP contribution in [0.15, 0.2) is 168 Å². The number of furan rings is 1. The molecule has 12 rings (SSSR count). The number of para-hydroxylation sites is 1. The predicted molar refractivity (Wildman–Crippen MR) is 231 cm³/mol. The van der Waals surface area contributed by atoms with E-state index in [9.17, 15) is 0 Å². The molecule has 0 spiro atoms. The molecule has 2 aromatic heterocycles. The number of benzene rings is 9. The van der Waals surface area contributed by atoms with E-state index in [2.05, 4.69) is 153 Å². The molecule has 9 aromatic carbocycles. The first kappa shape index (κ1) is 31.2. The predicted octanol–water partition coefficient (Wildman–Crippen LogP) is 13.7. The normalized spacial score (nSPS) is 13.3. The molecule has 0 amide bonds. The maximum atomic E-state index is 6.82. The average Bonchev–Trinajstić information content (AvgIpc) is 3.75. The SMILES string of the molecule is CC1(C)c2ccccc2-c2c1cc(-c1nc(-c3ccccc3)nc(-c3ccc4ccc5c6ccccc6c6ccccc6c5c4c3)n1)c1c2oc2ccccc21. The Balaban J connectivity index is 1.17. The van der Waals surface area contributed by atoms with Gasteiger partial charge in [-0.1, -0.05) is 159 Å². The molecule has 0 saturated heterocycles. The summed E-state index contributed by atoms with van der Waals surface area (Å²) in [6.45, 7) is 4.60. The Morgan fingerprint density at radius 3 is 1.79 bits per heavy atom. The third-order valence-corrected chi connectivity index (χ3v) is 12.1. The fraction of sp³-hybridized carbons (Fsp3) is 0.0577. The average molecular weight is 716 g/mol. The summed E-state index contributed by atoms with van der Waals surface area (Å²) in [5.41, 5.74) is 9.14. The van der Waals surface area contributed by atoms with E-state index in [-0.39, 0.29) is 5.41 Å². The van der Waals surface area contributed by atoms with Crippen LogP contribution in [0.3, 0.4) is 0 Å². The Morgan fingerprint density at radius 1 is 0.411 bits per heavy atom. The summed E-state index contributed by atoms with van der Waals surface area (Å²) in [5.74, 6) is 1.88. The van der Waals surface area contributed by atoms with Crippen LogP contribution >= 0.6 is 0 Å². The molecule has 0 aliphatic heterocycles. The van der Waals surface area contributed by atoms with Gasteiger partial charge in [-0.05, 0) is 78.0 Å². The molecule has 4 nitrogen and oxygen atoms in total. The molecule has 0 unspecified atom stereocenters. The van der Waals surface area contributed by atoms with Gasteiger partial charge in [0.1, 0.15) is 11.2 Å². The van der Waals surface area contributed by atoms with Crippen molar-refractivity contribution in [3.05, 3.63) is 175 Å². The Bertz CT molecular complexity index is 3420. The second kappa shape index (κ2) is 11.4. The number of rotatable bonds is 3. The molecule has 1 aliphatic rings. The van der Waals surface area contributed by atoms with Crippen molar-refractivity contribution in [2.24, 2.45) is 0 Å². The van der Waals surface area contributed by atoms with Crippen LogP contribution in [0.4, 0.5) is 0 Å². The van der Waals surface area contributed by atoms with Crippen LogP contribution in [-0.2, 0) is 5.41 Å². The molecule has 4 heteroatoms. The highest BCUT2D eigenvalue weighted by Gasteiger charge is 2.39. The Labute approximate surface area is 322 Å². The lowest BCUT2D eigenvalue weighted by atomic mass is 9.81. The quantitative estimate of drug-likeness (QED) is 0.171. The lowest BCUT2D eigenvalue weighted by molar-refractivity contribution is 0.653. The first-order valence-electron chi connectivity index (χ1n) is 19.2. The van der Waals surface area contributed by atoms with E-state index in [0.29, 0.717) is 17.5 Å². The van der Waals surface area contributed by atoms with Gasteiger partial charge < -0.3 is 4.42 Å². The van der Waals surface area contributed by atoms with Gasteiger partial charge in [0.15, 0.2) is 17.5 Å². The third kappa shape index (κ3) is 4.32. The number of hydrogen-bond donors (Lipinski definition) is 0. The highest BCUT2D eigenvalue weighted by Crippen LogP contribution is 2.54. The van der Waals surface area contributed by atoms with Crippen molar-refractivity contribution in [1.82, 2.24) is 15.0 Å². The Hall–Kier alpha value is -7.17. The summed E-state index contributed by atoms with van der Waals surface area (Å²) in [6.07, 6.45) is 0. The molecule has 1 aliphatic carbocycles. The van der Waals surface area contributed by atoms with Crippen molar-refractivity contribution in [3.63, 3.8) is 0 Å². The van der Waals surface area contributed by atoms with Crippen LogP contribution in [-0.4, -0.2) is 15.0 Å². The van der Waals surface area contributed by atoms with Crippen molar-refractivity contribution in [2.75, 3.05) is 0 Å². The molecule has 0 N–H and O–H groups in total. The second-order valence-corrected chi connectivity index (χ2v) is 15.5. The minimum atomic E-state index is -0.252. The summed E-state index contributed by atoms with van der Waals surface area (Å²) in [7, 11) is 0. The molecule has 56 heavy (non-hydrogen) atoms. The van der Waals surface area contributed by atoms with Gasteiger partial charge in [-0.25, -0.2) is 15.0 Å². The molecule has 11 aromatic rings. The maximum absolute atomic E-state index is 6.82. The third-order valence-electron chi connectivity index (χ3n) is 12.1. The van der Waals surface area contributed by atoms with Gasteiger partial charge in [0.25, 0.3) is 0 Å². The zero-order valence-corrected chi connectivity index (χ0v) is 30.8. The maximum Gasteiger partial charge on any atom is 0.164 e. The zero-order chi connectivity index (χ0) is 37.1. The highest BCUT2D eigenvalue weighted by atomic mass is 16.3. The molecule has 0 atom stereocenters. The van der Waals surface area contributed by atoms with Gasteiger partial charge in [-0.15, -0.1) is 0 Å².